The Morgan fingerprint density at radius 2 is 2.35 bits per heavy atom. The van der Waals surface area contributed by atoms with Gasteiger partial charge in [0.25, 0.3) is 0 Å². The summed E-state index contributed by atoms with van der Waals surface area (Å²) < 4.78 is 1.81. The van der Waals surface area contributed by atoms with Crippen LogP contribution in [0.25, 0.3) is 0 Å². The van der Waals surface area contributed by atoms with Gasteiger partial charge in [-0.3, -0.25) is 19.9 Å². The summed E-state index contributed by atoms with van der Waals surface area (Å²) in [7, 11) is 0. The van der Waals surface area contributed by atoms with E-state index in [0.717, 1.165) is 25.2 Å². The van der Waals surface area contributed by atoms with Gasteiger partial charge in [-0.1, -0.05) is 13.8 Å². The number of anilines is 1. The highest BCUT2D eigenvalue weighted by molar-refractivity contribution is 5.88. The quantitative estimate of drug-likeness (QED) is 0.804. The fourth-order valence-corrected chi connectivity index (χ4v) is 1.85. The van der Waals surface area contributed by atoms with Crippen LogP contribution in [0.2, 0.25) is 0 Å². The van der Waals surface area contributed by atoms with Gasteiger partial charge in [0, 0.05) is 31.8 Å². The summed E-state index contributed by atoms with van der Waals surface area (Å²) in [6, 6.07) is 1.87. The summed E-state index contributed by atoms with van der Waals surface area (Å²) in [6.45, 7) is 4.94. The van der Waals surface area contributed by atoms with E-state index in [0.29, 0.717) is 18.3 Å². The molecule has 0 spiro atoms. The van der Waals surface area contributed by atoms with Gasteiger partial charge in [-0.2, -0.15) is 10.1 Å². The van der Waals surface area contributed by atoms with Gasteiger partial charge in [0.15, 0.2) is 0 Å². The van der Waals surface area contributed by atoms with Gasteiger partial charge < -0.3 is 0 Å². The summed E-state index contributed by atoms with van der Waals surface area (Å²) in [5.74, 6) is 1.57. The second-order valence-corrected chi connectivity index (χ2v) is 5.12. The van der Waals surface area contributed by atoms with E-state index >= 15 is 0 Å². The number of carbonyl (C=O) groups excluding carboxylic acids is 1. The number of rotatable bonds is 7. The van der Waals surface area contributed by atoms with Crippen LogP contribution in [0.4, 0.5) is 5.95 Å². The lowest BCUT2D eigenvalue weighted by molar-refractivity contribution is -0.116. The maximum Gasteiger partial charge on any atom is 0.248 e. The van der Waals surface area contributed by atoms with Crippen LogP contribution in [-0.2, 0) is 17.8 Å². The van der Waals surface area contributed by atoms with Crippen LogP contribution in [0.15, 0.2) is 18.5 Å². The van der Waals surface area contributed by atoms with Gasteiger partial charge in [-0.05, 0) is 18.4 Å². The van der Waals surface area contributed by atoms with Crippen LogP contribution in [0.1, 0.15) is 32.5 Å². The molecule has 2 heterocycles. The average Bonchev–Trinajstić information content (AvgIpc) is 3.00. The van der Waals surface area contributed by atoms with Crippen LogP contribution in [0.5, 0.6) is 0 Å². The molecule has 0 saturated carbocycles. The van der Waals surface area contributed by atoms with Crippen molar-refractivity contribution in [1.82, 2.24) is 25.0 Å². The molecule has 108 valence electrons. The second kappa shape index (κ2) is 6.83. The number of nitrogens with one attached hydrogen (secondary N) is 2. The number of amides is 1. The van der Waals surface area contributed by atoms with Crippen LogP contribution in [0.3, 0.4) is 0 Å². The highest BCUT2D eigenvalue weighted by atomic mass is 16.1. The number of carbonyl (C=O) groups is 1. The minimum atomic E-state index is -0.0766. The third-order valence-electron chi connectivity index (χ3n) is 2.73. The molecule has 0 aliphatic carbocycles. The fraction of sp³-hybridized carbons (Fsp3) is 0.538. The Labute approximate surface area is 117 Å². The normalized spacial score (nSPS) is 10.9. The van der Waals surface area contributed by atoms with Crippen LogP contribution in [-0.4, -0.2) is 30.9 Å². The summed E-state index contributed by atoms with van der Waals surface area (Å²) >= 11 is 0. The predicted octanol–water partition coefficient (Wildman–Crippen LogP) is 1.62. The lowest BCUT2D eigenvalue weighted by atomic mass is 10.1. The van der Waals surface area contributed by atoms with Gasteiger partial charge in [0.2, 0.25) is 11.9 Å². The van der Waals surface area contributed by atoms with Crippen molar-refractivity contribution in [3.05, 3.63) is 24.3 Å². The molecule has 0 fully saturated rings. The third-order valence-corrected chi connectivity index (χ3v) is 2.73. The van der Waals surface area contributed by atoms with E-state index in [1.807, 2.05) is 12.3 Å². The molecule has 0 saturated heterocycles. The van der Waals surface area contributed by atoms with Gasteiger partial charge in [-0.15, -0.1) is 5.10 Å². The van der Waals surface area contributed by atoms with E-state index < -0.39 is 0 Å². The van der Waals surface area contributed by atoms with Crippen molar-refractivity contribution in [2.24, 2.45) is 5.92 Å². The zero-order valence-electron chi connectivity index (χ0n) is 11.8. The number of hydrogen-bond donors (Lipinski definition) is 2. The van der Waals surface area contributed by atoms with Gasteiger partial charge >= 0.3 is 0 Å². The molecular weight excluding hydrogens is 256 g/mol. The molecule has 0 aliphatic heterocycles. The number of aromatic nitrogens is 5. The van der Waals surface area contributed by atoms with Crippen molar-refractivity contribution < 1.29 is 4.79 Å². The van der Waals surface area contributed by atoms with Crippen molar-refractivity contribution in [1.29, 1.82) is 0 Å². The minimum absolute atomic E-state index is 0.0766. The Kier molecular flexibility index (Phi) is 4.86. The highest BCUT2D eigenvalue weighted by Crippen LogP contribution is 2.06. The monoisotopic (exact) mass is 276 g/mol. The SMILES string of the molecule is CC(C)Cc1nc(NC(=O)CCCn2cccn2)n[nH]1. The molecule has 2 N–H and O–H groups in total. The minimum Gasteiger partial charge on any atom is -0.293 e. The zero-order valence-corrected chi connectivity index (χ0v) is 11.8. The van der Waals surface area contributed by atoms with Crippen molar-refractivity contribution in [2.45, 2.75) is 39.7 Å². The maximum absolute atomic E-state index is 11.7. The molecule has 0 aliphatic rings. The molecule has 7 nitrogen and oxygen atoms in total. The number of H-pyrrole nitrogens is 1. The maximum atomic E-state index is 11.7. The Morgan fingerprint density at radius 3 is 3.05 bits per heavy atom. The topological polar surface area (TPSA) is 88.5 Å². The van der Waals surface area contributed by atoms with Gasteiger partial charge in [0.1, 0.15) is 5.82 Å². The molecule has 0 radical (unpaired) electrons. The summed E-state index contributed by atoms with van der Waals surface area (Å²) in [5.41, 5.74) is 0. The number of aromatic amines is 1. The Morgan fingerprint density at radius 1 is 1.50 bits per heavy atom. The number of aryl methyl sites for hydroxylation is 1. The molecule has 2 rings (SSSR count). The smallest absolute Gasteiger partial charge is 0.248 e. The van der Waals surface area contributed by atoms with Crippen LogP contribution >= 0.6 is 0 Å². The summed E-state index contributed by atoms with van der Waals surface area (Å²) in [5, 5.41) is 13.6. The van der Waals surface area contributed by atoms with E-state index in [1.54, 1.807) is 10.9 Å². The second-order valence-electron chi connectivity index (χ2n) is 5.12. The van der Waals surface area contributed by atoms with E-state index in [9.17, 15) is 4.79 Å². The molecule has 7 heteroatoms. The molecule has 0 aromatic carbocycles. The Balaban J connectivity index is 1.72. The van der Waals surface area contributed by atoms with Crippen LogP contribution < -0.4 is 5.32 Å². The van der Waals surface area contributed by atoms with Crippen molar-refractivity contribution in [3.8, 4) is 0 Å². The first-order chi connectivity index (χ1) is 9.63. The Hall–Kier alpha value is -2.18. The molecule has 0 unspecified atom stereocenters. The van der Waals surface area contributed by atoms with E-state index in [2.05, 4.69) is 39.4 Å². The molecule has 0 bridgehead atoms. The van der Waals surface area contributed by atoms with E-state index in [4.69, 9.17) is 0 Å². The summed E-state index contributed by atoms with van der Waals surface area (Å²) in [6.07, 6.45) is 5.59. The fourth-order valence-electron chi connectivity index (χ4n) is 1.85. The summed E-state index contributed by atoms with van der Waals surface area (Å²) in [4.78, 5) is 16.0. The van der Waals surface area contributed by atoms with Crippen molar-refractivity contribution in [2.75, 3.05) is 5.32 Å². The van der Waals surface area contributed by atoms with Gasteiger partial charge in [-0.25, -0.2) is 0 Å². The van der Waals surface area contributed by atoms with Crippen LogP contribution in [0, 0.1) is 5.92 Å². The number of nitrogens with zero attached hydrogens (tertiary/aromatic N) is 4. The molecule has 2 aromatic heterocycles. The predicted molar refractivity (Wildman–Crippen MR) is 75.0 cm³/mol. The highest BCUT2D eigenvalue weighted by Gasteiger charge is 2.08. The lowest BCUT2D eigenvalue weighted by Gasteiger charge is -2.02. The molecule has 1 amide bonds. The zero-order chi connectivity index (χ0) is 14.4. The van der Waals surface area contributed by atoms with Crippen molar-refractivity contribution >= 4 is 11.9 Å². The average molecular weight is 276 g/mol. The van der Waals surface area contributed by atoms with E-state index in [-0.39, 0.29) is 5.91 Å². The molecule has 0 atom stereocenters. The first kappa shape index (κ1) is 14.2. The number of hydrogen-bond acceptors (Lipinski definition) is 4. The Bertz CT molecular complexity index is 531. The molecule has 2 aromatic rings. The first-order valence-corrected chi connectivity index (χ1v) is 6.82. The van der Waals surface area contributed by atoms with E-state index in [1.165, 1.54) is 0 Å². The lowest BCUT2D eigenvalue weighted by Crippen LogP contribution is -2.13. The van der Waals surface area contributed by atoms with Crippen molar-refractivity contribution in [3.63, 3.8) is 0 Å². The first-order valence-electron chi connectivity index (χ1n) is 6.82. The standard InChI is InChI=1S/C13H20N6O/c1-10(2)9-11-15-13(18-17-11)16-12(20)5-3-7-19-8-4-6-14-19/h4,6,8,10H,3,5,7,9H2,1-2H3,(H2,15,16,17,18,20). The molecular formula is C13H20N6O. The third kappa shape index (κ3) is 4.49. The van der Waals surface area contributed by atoms with Gasteiger partial charge in [0.05, 0.1) is 0 Å². The molecule has 20 heavy (non-hydrogen) atoms. The largest absolute Gasteiger partial charge is 0.293 e.